The van der Waals surface area contributed by atoms with E-state index in [-0.39, 0.29) is 17.8 Å². The molecule has 0 spiro atoms. The van der Waals surface area contributed by atoms with Gasteiger partial charge in [-0.05, 0) is 54.5 Å². The van der Waals surface area contributed by atoms with Gasteiger partial charge in [0.1, 0.15) is 5.82 Å². The van der Waals surface area contributed by atoms with Crippen molar-refractivity contribution in [2.75, 3.05) is 0 Å². The van der Waals surface area contributed by atoms with Crippen molar-refractivity contribution in [2.45, 2.75) is 31.7 Å². The first kappa shape index (κ1) is 14.7. The number of pyridine rings is 1. The fourth-order valence-corrected chi connectivity index (χ4v) is 2.62. The smallest absolute Gasteiger partial charge is 0.220 e. The zero-order valence-corrected chi connectivity index (χ0v) is 12.3. The molecule has 2 aromatic rings. The lowest BCUT2D eigenvalue weighted by molar-refractivity contribution is -0.122. The third-order valence-electron chi connectivity index (χ3n) is 4.00. The highest BCUT2D eigenvalue weighted by Crippen LogP contribution is 2.41. The van der Waals surface area contributed by atoms with Crippen LogP contribution in [0.3, 0.4) is 0 Å². The highest BCUT2D eigenvalue weighted by Gasteiger charge is 2.33. The first-order valence-corrected chi connectivity index (χ1v) is 7.66. The fraction of sp³-hybridized carbons (Fsp3) is 0.333. The van der Waals surface area contributed by atoms with Gasteiger partial charge in [-0.2, -0.15) is 0 Å². The molecule has 114 valence electrons. The number of nitrogens with one attached hydrogen (secondary N) is 1. The maximum atomic E-state index is 13.0. The van der Waals surface area contributed by atoms with Gasteiger partial charge in [-0.25, -0.2) is 4.39 Å². The highest BCUT2D eigenvalue weighted by atomic mass is 19.1. The number of hydrogen-bond acceptors (Lipinski definition) is 2. The Morgan fingerprint density at radius 3 is 2.68 bits per heavy atom. The van der Waals surface area contributed by atoms with Crippen LogP contribution in [0.1, 0.15) is 36.4 Å². The van der Waals surface area contributed by atoms with Crippen molar-refractivity contribution in [1.29, 1.82) is 0 Å². The predicted molar refractivity (Wildman–Crippen MR) is 82.6 cm³/mol. The van der Waals surface area contributed by atoms with Gasteiger partial charge in [0.05, 0.1) is 6.04 Å². The minimum Gasteiger partial charge on any atom is -0.349 e. The van der Waals surface area contributed by atoms with Crippen LogP contribution in [-0.2, 0) is 11.2 Å². The molecule has 1 saturated carbocycles. The molecule has 1 amide bonds. The Balaban J connectivity index is 1.59. The number of carbonyl (C=O) groups is 1. The highest BCUT2D eigenvalue weighted by molar-refractivity contribution is 5.76. The molecule has 3 rings (SSSR count). The van der Waals surface area contributed by atoms with Crippen molar-refractivity contribution in [3.05, 3.63) is 65.7 Å². The molecule has 1 N–H and O–H groups in total. The van der Waals surface area contributed by atoms with E-state index in [0.717, 1.165) is 24.0 Å². The summed E-state index contributed by atoms with van der Waals surface area (Å²) in [7, 11) is 0. The summed E-state index contributed by atoms with van der Waals surface area (Å²) in [5.74, 6) is 0.263. The number of hydrogen-bond donors (Lipinski definition) is 1. The Morgan fingerprint density at radius 1 is 1.27 bits per heavy atom. The molecule has 1 heterocycles. The Labute approximate surface area is 129 Å². The minimum absolute atomic E-state index is 0.00185. The van der Waals surface area contributed by atoms with Gasteiger partial charge in [0.2, 0.25) is 5.91 Å². The van der Waals surface area contributed by atoms with E-state index in [1.165, 1.54) is 12.1 Å². The third-order valence-corrected chi connectivity index (χ3v) is 4.00. The van der Waals surface area contributed by atoms with Crippen LogP contribution >= 0.6 is 0 Å². The SMILES string of the molecule is O=C(CCc1cccnc1)N[C@@H](c1ccc(F)cc1)C1CC1. The lowest BCUT2D eigenvalue weighted by Crippen LogP contribution is -2.30. The molecule has 1 aromatic carbocycles. The molecule has 0 saturated heterocycles. The molecule has 1 aliphatic rings. The van der Waals surface area contributed by atoms with Crippen molar-refractivity contribution in [1.82, 2.24) is 10.3 Å². The lowest BCUT2D eigenvalue weighted by Gasteiger charge is -2.19. The molecule has 0 aliphatic heterocycles. The van der Waals surface area contributed by atoms with Crippen LogP contribution in [-0.4, -0.2) is 10.9 Å². The van der Waals surface area contributed by atoms with Crippen molar-refractivity contribution >= 4 is 5.91 Å². The van der Waals surface area contributed by atoms with Gasteiger partial charge in [-0.1, -0.05) is 18.2 Å². The summed E-state index contributed by atoms with van der Waals surface area (Å²) in [6.45, 7) is 0. The molecule has 1 aromatic heterocycles. The summed E-state index contributed by atoms with van der Waals surface area (Å²) >= 11 is 0. The number of amides is 1. The number of aromatic nitrogens is 1. The summed E-state index contributed by atoms with van der Waals surface area (Å²) in [6, 6.07) is 10.3. The molecular weight excluding hydrogens is 279 g/mol. The monoisotopic (exact) mass is 298 g/mol. The number of benzene rings is 1. The zero-order valence-electron chi connectivity index (χ0n) is 12.3. The van der Waals surface area contributed by atoms with Gasteiger partial charge in [0.15, 0.2) is 0 Å². The maximum absolute atomic E-state index is 13.0. The minimum atomic E-state index is -0.249. The largest absolute Gasteiger partial charge is 0.349 e. The first-order chi connectivity index (χ1) is 10.7. The van der Waals surface area contributed by atoms with E-state index in [0.29, 0.717) is 18.8 Å². The summed E-state index contributed by atoms with van der Waals surface area (Å²) in [4.78, 5) is 16.2. The summed E-state index contributed by atoms with van der Waals surface area (Å²) < 4.78 is 13.0. The van der Waals surface area contributed by atoms with E-state index in [1.54, 1.807) is 24.5 Å². The second kappa shape index (κ2) is 6.69. The number of aryl methyl sites for hydroxylation is 1. The number of nitrogens with zero attached hydrogens (tertiary/aromatic N) is 1. The Hall–Kier alpha value is -2.23. The Morgan fingerprint density at radius 2 is 2.05 bits per heavy atom. The molecule has 1 atom stereocenters. The van der Waals surface area contributed by atoms with Crippen LogP contribution in [0, 0.1) is 11.7 Å². The maximum Gasteiger partial charge on any atom is 0.220 e. The van der Waals surface area contributed by atoms with Crippen molar-refractivity contribution in [3.63, 3.8) is 0 Å². The molecule has 1 aliphatic carbocycles. The van der Waals surface area contributed by atoms with Gasteiger partial charge in [-0.15, -0.1) is 0 Å². The van der Waals surface area contributed by atoms with E-state index >= 15 is 0 Å². The number of halogens is 1. The molecule has 0 bridgehead atoms. The molecule has 0 unspecified atom stereocenters. The van der Waals surface area contributed by atoms with Crippen LogP contribution in [0.25, 0.3) is 0 Å². The van der Waals surface area contributed by atoms with Crippen LogP contribution in [0.5, 0.6) is 0 Å². The summed E-state index contributed by atoms with van der Waals surface area (Å²) in [5.41, 5.74) is 2.04. The standard InChI is InChI=1S/C18H19FN2O/c19-16-8-6-15(7-9-16)18(14-4-5-14)21-17(22)10-3-13-2-1-11-20-12-13/h1-2,6-9,11-12,14,18H,3-5,10H2,(H,21,22)/t18-/m1/s1. The van der Waals surface area contributed by atoms with E-state index in [2.05, 4.69) is 10.3 Å². The predicted octanol–water partition coefficient (Wildman–Crippen LogP) is 3.42. The lowest BCUT2D eigenvalue weighted by atomic mass is 10.0. The fourth-order valence-electron chi connectivity index (χ4n) is 2.62. The van der Waals surface area contributed by atoms with E-state index in [1.807, 2.05) is 12.1 Å². The van der Waals surface area contributed by atoms with Gasteiger partial charge < -0.3 is 5.32 Å². The summed E-state index contributed by atoms with van der Waals surface area (Å²) in [5, 5.41) is 3.10. The second-order valence-corrected chi connectivity index (χ2v) is 5.80. The zero-order chi connectivity index (χ0) is 15.4. The molecular formula is C18H19FN2O. The Bertz CT molecular complexity index is 623. The van der Waals surface area contributed by atoms with Crippen molar-refractivity contribution in [3.8, 4) is 0 Å². The van der Waals surface area contributed by atoms with Crippen LogP contribution in [0.15, 0.2) is 48.8 Å². The van der Waals surface area contributed by atoms with Gasteiger partial charge in [-0.3, -0.25) is 9.78 Å². The van der Waals surface area contributed by atoms with Gasteiger partial charge in [0.25, 0.3) is 0 Å². The number of carbonyl (C=O) groups excluding carboxylic acids is 1. The normalized spacial score (nSPS) is 15.3. The third kappa shape index (κ3) is 3.91. The Kier molecular flexibility index (Phi) is 4.47. The van der Waals surface area contributed by atoms with Crippen LogP contribution < -0.4 is 5.32 Å². The van der Waals surface area contributed by atoms with Crippen molar-refractivity contribution < 1.29 is 9.18 Å². The average Bonchev–Trinajstić information content (AvgIpc) is 3.37. The molecule has 22 heavy (non-hydrogen) atoms. The molecule has 1 fully saturated rings. The molecule has 0 radical (unpaired) electrons. The van der Waals surface area contributed by atoms with Crippen molar-refractivity contribution in [2.24, 2.45) is 5.92 Å². The van der Waals surface area contributed by atoms with E-state index in [4.69, 9.17) is 0 Å². The van der Waals surface area contributed by atoms with Gasteiger partial charge >= 0.3 is 0 Å². The molecule has 3 nitrogen and oxygen atoms in total. The average molecular weight is 298 g/mol. The van der Waals surface area contributed by atoms with E-state index < -0.39 is 0 Å². The quantitative estimate of drug-likeness (QED) is 0.888. The van der Waals surface area contributed by atoms with Crippen LogP contribution in [0.2, 0.25) is 0 Å². The topological polar surface area (TPSA) is 42.0 Å². The first-order valence-electron chi connectivity index (χ1n) is 7.66. The second-order valence-electron chi connectivity index (χ2n) is 5.80. The van der Waals surface area contributed by atoms with Gasteiger partial charge in [0, 0.05) is 18.8 Å². The van der Waals surface area contributed by atoms with E-state index in [9.17, 15) is 9.18 Å². The van der Waals surface area contributed by atoms with Crippen LogP contribution in [0.4, 0.5) is 4.39 Å². The molecule has 4 heteroatoms. The summed E-state index contributed by atoms with van der Waals surface area (Å²) in [6.07, 6.45) is 6.86. The number of rotatable bonds is 6.